The van der Waals surface area contributed by atoms with Gasteiger partial charge in [-0.25, -0.2) is 14.4 Å². The summed E-state index contributed by atoms with van der Waals surface area (Å²) in [6.45, 7) is 8.75. The van der Waals surface area contributed by atoms with Crippen molar-refractivity contribution in [1.82, 2.24) is 9.97 Å². The molecule has 1 aromatic carbocycles. The van der Waals surface area contributed by atoms with Crippen molar-refractivity contribution in [2.24, 2.45) is 17.8 Å². The zero-order valence-electron chi connectivity index (χ0n) is 19.2. The van der Waals surface area contributed by atoms with Crippen molar-refractivity contribution >= 4 is 17.1 Å². The maximum absolute atomic E-state index is 12.6. The number of nitrogens with zero attached hydrogens (tertiary/aromatic N) is 2. The van der Waals surface area contributed by atoms with E-state index < -0.39 is 0 Å². The van der Waals surface area contributed by atoms with E-state index in [1.54, 1.807) is 30.5 Å². The van der Waals surface area contributed by atoms with Crippen molar-refractivity contribution in [3.05, 3.63) is 65.0 Å². The van der Waals surface area contributed by atoms with E-state index in [2.05, 4.69) is 23.8 Å². The predicted molar refractivity (Wildman–Crippen MR) is 128 cm³/mol. The second kappa shape index (κ2) is 11.3. The SMILES string of the molecule is CC(=O)c1cc(C)ccc1-c1nccs1.CC(COc1ccc(F)cn1)CC1CC(C)C1. The highest BCUT2D eigenvalue weighted by Gasteiger charge is 2.26. The lowest BCUT2D eigenvalue weighted by molar-refractivity contribution is 0.101. The number of hydrogen-bond donors (Lipinski definition) is 0. The van der Waals surface area contributed by atoms with Gasteiger partial charge in [-0.3, -0.25) is 4.79 Å². The zero-order valence-corrected chi connectivity index (χ0v) is 20.0. The Hall–Kier alpha value is -2.60. The van der Waals surface area contributed by atoms with Gasteiger partial charge in [0.15, 0.2) is 5.78 Å². The molecule has 0 radical (unpaired) electrons. The van der Waals surface area contributed by atoms with Gasteiger partial charge in [0.25, 0.3) is 0 Å². The van der Waals surface area contributed by atoms with Gasteiger partial charge in [-0.2, -0.15) is 0 Å². The zero-order chi connectivity index (χ0) is 23.1. The number of hydrogen-bond acceptors (Lipinski definition) is 5. The Bertz CT molecular complexity index is 999. The molecule has 1 aliphatic carbocycles. The fraction of sp³-hybridized carbons (Fsp3) is 0.423. The van der Waals surface area contributed by atoms with Crippen LogP contribution >= 0.6 is 11.3 Å². The quantitative estimate of drug-likeness (QED) is 0.361. The maximum atomic E-state index is 12.6. The van der Waals surface area contributed by atoms with Crippen LogP contribution in [0.25, 0.3) is 10.6 Å². The Kier molecular flexibility index (Phi) is 8.51. The number of halogens is 1. The first-order valence-corrected chi connectivity index (χ1v) is 12.0. The first-order valence-electron chi connectivity index (χ1n) is 11.1. The molecule has 1 unspecified atom stereocenters. The molecule has 0 spiro atoms. The number of ketones is 1. The fourth-order valence-electron chi connectivity index (χ4n) is 4.07. The summed E-state index contributed by atoms with van der Waals surface area (Å²) in [5.41, 5.74) is 2.79. The minimum atomic E-state index is -0.325. The molecule has 6 heteroatoms. The highest BCUT2D eigenvalue weighted by atomic mass is 32.1. The second-order valence-electron chi connectivity index (χ2n) is 8.85. The second-order valence-corrected chi connectivity index (χ2v) is 9.75. The third-order valence-corrected chi connectivity index (χ3v) is 6.45. The van der Waals surface area contributed by atoms with E-state index in [1.165, 1.54) is 31.5 Å². The molecule has 2 heterocycles. The molecule has 4 rings (SSSR count). The monoisotopic (exact) mass is 454 g/mol. The molecule has 0 saturated heterocycles. The lowest BCUT2D eigenvalue weighted by Crippen LogP contribution is -2.24. The lowest BCUT2D eigenvalue weighted by Gasteiger charge is -2.34. The summed E-state index contributed by atoms with van der Waals surface area (Å²) in [5.74, 6) is 2.61. The van der Waals surface area contributed by atoms with Crippen LogP contribution in [-0.2, 0) is 0 Å². The molecule has 4 nitrogen and oxygen atoms in total. The van der Waals surface area contributed by atoms with Crippen LogP contribution in [0.4, 0.5) is 4.39 Å². The van der Waals surface area contributed by atoms with Crippen LogP contribution in [-0.4, -0.2) is 22.4 Å². The molecule has 0 N–H and O–H groups in total. The molecule has 0 amide bonds. The minimum absolute atomic E-state index is 0.0869. The van der Waals surface area contributed by atoms with E-state index in [9.17, 15) is 9.18 Å². The number of aromatic nitrogens is 2. The number of carbonyl (C=O) groups excluding carboxylic acids is 1. The Balaban J connectivity index is 0.000000182. The van der Waals surface area contributed by atoms with Gasteiger partial charge in [0, 0.05) is 28.8 Å². The number of pyridine rings is 1. The lowest BCUT2D eigenvalue weighted by atomic mass is 9.72. The molecule has 1 saturated carbocycles. The summed E-state index contributed by atoms with van der Waals surface area (Å²) in [4.78, 5) is 19.6. The van der Waals surface area contributed by atoms with Gasteiger partial charge in [0.2, 0.25) is 5.88 Å². The van der Waals surface area contributed by atoms with Gasteiger partial charge >= 0.3 is 0 Å². The standard InChI is InChI=1S/C14H20FNO.C12H11NOS/c1-10-5-12(6-10)7-11(2)9-17-14-4-3-13(15)8-16-14;1-8-3-4-10(11(7-8)9(2)14)12-13-5-6-15-12/h3-4,8,10-12H,5-7,9H2,1-2H3;3-7H,1-2H3. The number of rotatable bonds is 7. The molecular formula is C26H31FN2O2S. The van der Waals surface area contributed by atoms with Gasteiger partial charge in [-0.1, -0.05) is 31.5 Å². The van der Waals surface area contributed by atoms with Crippen molar-refractivity contribution in [2.75, 3.05) is 6.61 Å². The Labute approximate surface area is 193 Å². The van der Waals surface area contributed by atoms with Gasteiger partial charge < -0.3 is 4.74 Å². The molecule has 1 aliphatic rings. The van der Waals surface area contributed by atoms with Crippen LogP contribution in [0.1, 0.15) is 56.0 Å². The fourth-order valence-corrected chi connectivity index (χ4v) is 4.74. The molecule has 2 aromatic heterocycles. The molecule has 1 atom stereocenters. The maximum Gasteiger partial charge on any atom is 0.213 e. The summed E-state index contributed by atoms with van der Waals surface area (Å²) in [6.07, 6.45) is 6.89. The van der Waals surface area contributed by atoms with Gasteiger partial charge in [0.05, 0.1) is 12.8 Å². The Morgan fingerprint density at radius 2 is 2.03 bits per heavy atom. The highest BCUT2D eigenvalue weighted by molar-refractivity contribution is 7.13. The van der Waals surface area contributed by atoms with Crippen LogP contribution in [0, 0.1) is 30.5 Å². The summed E-state index contributed by atoms with van der Waals surface area (Å²) in [7, 11) is 0. The first-order chi connectivity index (χ1) is 15.3. The normalized spacial score (nSPS) is 18.2. The molecule has 0 bridgehead atoms. The van der Waals surface area contributed by atoms with Crippen molar-refractivity contribution < 1.29 is 13.9 Å². The van der Waals surface area contributed by atoms with E-state index >= 15 is 0 Å². The molecule has 3 aromatic rings. The minimum Gasteiger partial charge on any atom is -0.477 e. The van der Waals surface area contributed by atoms with Crippen LogP contribution < -0.4 is 4.74 Å². The van der Waals surface area contributed by atoms with Gasteiger partial charge in [-0.15, -0.1) is 11.3 Å². The Morgan fingerprint density at radius 1 is 1.25 bits per heavy atom. The number of thiazole rings is 1. The number of carbonyl (C=O) groups is 1. The molecule has 0 aliphatic heterocycles. The highest BCUT2D eigenvalue weighted by Crippen LogP contribution is 2.37. The van der Waals surface area contributed by atoms with Crippen molar-refractivity contribution in [3.63, 3.8) is 0 Å². The Morgan fingerprint density at radius 3 is 2.62 bits per heavy atom. The number of benzene rings is 1. The smallest absolute Gasteiger partial charge is 0.213 e. The average Bonchev–Trinajstić information content (AvgIpc) is 3.27. The average molecular weight is 455 g/mol. The molecule has 1 fully saturated rings. The summed E-state index contributed by atoms with van der Waals surface area (Å²) < 4.78 is 18.2. The molecule has 170 valence electrons. The predicted octanol–water partition coefficient (Wildman–Crippen LogP) is 6.99. The van der Waals surface area contributed by atoms with E-state index in [4.69, 9.17) is 4.74 Å². The van der Waals surface area contributed by atoms with Gasteiger partial charge in [-0.05, 0) is 63.0 Å². The third-order valence-electron chi connectivity index (χ3n) is 5.64. The van der Waals surface area contributed by atoms with Crippen molar-refractivity contribution in [1.29, 1.82) is 0 Å². The topological polar surface area (TPSA) is 52.1 Å². The van der Waals surface area contributed by atoms with Gasteiger partial charge in [0.1, 0.15) is 10.8 Å². The van der Waals surface area contributed by atoms with Crippen LogP contribution in [0.3, 0.4) is 0 Å². The van der Waals surface area contributed by atoms with Crippen LogP contribution in [0.15, 0.2) is 48.1 Å². The first kappa shape index (κ1) is 24.1. The van der Waals surface area contributed by atoms with Crippen LogP contribution in [0.5, 0.6) is 5.88 Å². The number of aryl methyl sites for hydroxylation is 1. The van der Waals surface area contributed by atoms with E-state index in [0.29, 0.717) is 18.4 Å². The third kappa shape index (κ3) is 6.95. The van der Waals surface area contributed by atoms with Crippen molar-refractivity contribution in [2.45, 2.75) is 47.0 Å². The molecule has 32 heavy (non-hydrogen) atoms. The van der Waals surface area contributed by atoms with E-state index in [-0.39, 0.29) is 11.6 Å². The molecular weight excluding hydrogens is 423 g/mol. The van der Waals surface area contributed by atoms with Crippen molar-refractivity contribution in [3.8, 4) is 16.5 Å². The summed E-state index contributed by atoms with van der Waals surface area (Å²) in [6, 6.07) is 8.83. The number of Topliss-reactive ketones (excluding diaryl/α,β-unsaturated/α-hetero) is 1. The summed E-state index contributed by atoms with van der Waals surface area (Å²) in [5, 5.41) is 2.82. The summed E-state index contributed by atoms with van der Waals surface area (Å²) >= 11 is 1.55. The van der Waals surface area contributed by atoms with E-state index in [0.717, 1.165) is 33.5 Å². The largest absolute Gasteiger partial charge is 0.477 e. The number of ether oxygens (including phenoxy) is 1. The van der Waals surface area contributed by atoms with Crippen LogP contribution in [0.2, 0.25) is 0 Å². The van der Waals surface area contributed by atoms with E-state index in [1.807, 2.05) is 30.5 Å².